The Kier molecular flexibility index (Phi) is 3.23. The summed E-state index contributed by atoms with van der Waals surface area (Å²) in [7, 11) is 1.68. The fourth-order valence-corrected chi connectivity index (χ4v) is 2.91. The molecule has 0 radical (unpaired) electrons. The largest absolute Gasteiger partial charge is 0.497 e. The third-order valence-electron chi connectivity index (χ3n) is 3.61. The second-order valence-corrected chi connectivity index (χ2v) is 5.70. The van der Waals surface area contributed by atoms with Crippen LogP contribution in [0.1, 0.15) is 30.1 Å². The minimum atomic E-state index is 0.0789. The summed E-state index contributed by atoms with van der Waals surface area (Å²) < 4.78 is 12.4. The minimum Gasteiger partial charge on any atom is -0.497 e. The molecule has 2 aromatic rings. The molecule has 0 amide bonds. The maximum Gasteiger partial charge on any atom is 0.130 e. The number of rotatable bonds is 2. The van der Waals surface area contributed by atoms with Crippen molar-refractivity contribution in [1.29, 1.82) is 0 Å². The fourth-order valence-electron chi connectivity index (χ4n) is 2.53. The summed E-state index contributed by atoms with van der Waals surface area (Å²) in [6.07, 6.45) is 0.0789. The van der Waals surface area contributed by atoms with Crippen LogP contribution in [0.2, 0.25) is 0 Å². The van der Waals surface area contributed by atoms with Crippen molar-refractivity contribution >= 4 is 15.9 Å². The van der Waals surface area contributed by atoms with E-state index in [1.165, 1.54) is 11.1 Å². The molecule has 0 spiro atoms. The van der Waals surface area contributed by atoms with Crippen LogP contribution in [0.5, 0.6) is 11.5 Å². The van der Waals surface area contributed by atoms with Crippen LogP contribution in [0.3, 0.4) is 0 Å². The van der Waals surface area contributed by atoms with Crippen LogP contribution >= 0.6 is 15.9 Å². The Morgan fingerprint density at radius 1 is 1.11 bits per heavy atom. The third-order valence-corrected chi connectivity index (χ3v) is 4.11. The normalized spacial score (nSPS) is 20.8. The molecule has 0 aliphatic carbocycles. The summed E-state index contributed by atoms with van der Waals surface area (Å²) in [5.41, 5.74) is 2.44. The summed E-state index contributed by atoms with van der Waals surface area (Å²) in [5, 5.41) is 0. The van der Waals surface area contributed by atoms with Gasteiger partial charge in [-0.15, -0.1) is 0 Å². The monoisotopic (exact) mass is 318 g/mol. The predicted molar refractivity (Wildman–Crippen MR) is 78.9 cm³/mol. The average molecular weight is 319 g/mol. The third kappa shape index (κ3) is 2.23. The average Bonchev–Trinajstić information content (AvgIpc) is 2.76. The molecule has 3 heteroatoms. The first-order valence-corrected chi connectivity index (χ1v) is 7.08. The van der Waals surface area contributed by atoms with Crippen LogP contribution in [0, 0.1) is 0 Å². The lowest BCUT2D eigenvalue weighted by molar-refractivity contribution is 0.216. The van der Waals surface area contributed by atoms with E-state index in [1.54, 1.807) is 7.11 Å². The van der Waals surface area contributed by atoms with E-state index in [2.05, 4.69) is 41.1 Å². The van der Waals surface area contributed by atoms with Crippen LogP contribution in [0.25, 0.3) is 0 Å². The molecule has 0 fully saturated rings. The number of methoxy groups -OCH3 is 1. The highest BCUT2D eigenvalue weighted by Gasteiger charge is 2.32. The van der Waals surface area contributed by atoms with Gasteiger partial charge in [0, 0.05) is 16.0 Å². The molecule has 2 atom stereocenters. The van der Waals surface area contributed by atoms with Gasteiger partial charge in [-0.3, -0.25) is 0 Å². The quantitative estimate of drug-likeness (QED) is 0.799. The van der Waals surface area contributed by atoms with Crippen LogP contribution < -0.4 is 9.47 Å². The molecule has 2 nitrogen and oxygen atoms in total. The first-order valence-electron chi connectivity index (χ1n) is 6.29. The molecule has 0 saturated carbocycles. The summed E-state index contributed by atoms with van der Waals surface area (Å²) in [4.78, 5) is 0. The molecule has 1 heterocycles. The number of fused-ring (bicyclic) bond motifs is 1. The van der Waals surface area contributed by atoms with Crippen molar-refractivity contribution in [2.24, 2.45) is 0 Å². The Labute approximate surface area is 121 Å². The molecule has 0 saturated heterocycles. The molecular formula is C16H15BrO2. The van der Waals surface area contributed by atoms with Gasteiger partial charge >= 0.3 is 0 Å². The van der Waals surface area contributed by atoms with E-state index in [4.69, 9.17) is 9.47 Å². The molecule has 3 rings (SSSR count). The van der Waals surface area contributed by atoms with Crippen molar-refractivity contribution in [1.82, 2.24) is 0 Å². The van der Waals surface area contributed by atoms with E-state index in [-0.39, 0.29) is 6.10 Å². The Balaban J connectivity index is 1.92. The maximum atomic E-state index is 6.07. The first kappa shape index (κ1) is 12.5. The number of halogens is 1. The fraction of sp³-hybridized carbons (Fsp3) is 0.250. The van der Waals surface area contributed by atoms with Gasteiger partial charge in [-0.25, -0.2) is 0 Å². The second-order valence-electron chi connectivity index (χ2n) is 4.78. The zero-order valence-electron chi connectivity index (χ0n) is 10.9. The summed E-state index contributed by atoms with van der Waals surface area (Å²) in [6.45, 7) is 2.20. The van der Waals surface area contributed by atoms with Gasteiger partial charge in [-0.05, 0) is 35.9 Å². The Morgan fingerprint density at radius 3 is 2.53 bits per heavy atom. The predicted octanol–water partition coefficient (Wildman–Crippen LogP) is 4.69. The number of ether oxygens (including phenoxy) is 2. The molecular weight excluding hydrogens is 304 g/mol. The van der Waals surface area contributed by atoms with Crippen molar-refractivity contribution in [3.63, 3.8) is 0 Å². The van der Waals surface area contributed by atoms with Gasteiger partial charge in [0.2, 0.25) is 0 Å². The Hall–Kier alpha value is -1.48. The Morgan fingerprint density at radius 2 is 1.84 bits per heavy atom. The lowest BCUT2D eigenvalue weighted by Crippen LogP contribution is -2.07. The van der Waals surface area contributed by atoms with E-state index in [9.17, 15) is 0 Å². The lowest BCUT2D eigenvalue weighted by Gasteiger charge is -2.16. The van der Waals surface area contributed by atoms with E-state index in [0.717, 1.165) is 16.0 Å². The molecule has 0 N–H and O–H groups in total. The second kappa shape index (κ2) is 4.89. The molecule has 1 aliphatic heterocycles. The molecule has 0 unspecified atom stereocenters. The zero-order chi connectivity index (χ0) is 13.4. The van der Waals surface area contributed by atoms with Gasteiger partial charge in [-0.1, -0.05) is 35.0 Å². The van der Waals surface area contributed by atoms with Crippen molar-refractivity contribution in [2.75, 3.05) is 7.11 Å². The Bertz CT molecular complexity index is 592. The van der Waals surface area contributed by atoms with Crippen molar-refractivity contribution < 1.29 is 9.47 Å². The van der Waals surface area contributed by atoms with E-state index in [0.29, 0.717) is 5.92 Å². The van der Waals surface area contributed by atoms with Crippen molar-refractivity contribution in [3.8, 4) is 11.5 Å². The van der Waals surface area contributed by atoms with Gasteiger partial charge in [0.1, 0.15) is 17.6 Å². The van der Waals surface area contributed by atoms with Crippen molar-refractivity contribution in [2.45, 2.75) is 18.9 Å². The molecule has 0 bridgehead atoms. The molecule has 19 heavy (non-hydrogen) atoms. The highest BCUT2D eigenvalue weighted by atomic mass is 79.9. The highest BCUT2D eigenvalue weighted by Crippen LogP contribution is 2.46. The lowest BCUT2D eigenvalue weighted by atomic mass is 9.93. The van der Waals surface area contributed by atoms with Crippen LogP contribution in [-0.4, -0.2) is 7.11 Å². The standard InChI is InChI=1S/C16H15BrO2/c1-10-14-9-12(17)5-8-15(14)19-16(10)11-3-6-13(18-2)7-4-11/h3-10,16H,1-2H3/t10-,16-/m0/s1. The molecule has 98 valence electrons. The topological polar surface area (TPSA) is 18.5 Å². The summed E-state index contributed by atoms with van der Waals surface area (Å²) >= 11 is 3.52. The van der Waals surface area contributed by atoms with Crippen LogP contribution in [0.4, 0.5) is 0 Å². The van der Waals surface area contributed by atoms with E-state index >= 15 is 0 Å². The maximum absolute atomic E-state index is 6.07. The summed E-state index contributed by atoms with van der Waals surface area (Å²) in [6, 6.07) is 14.3. The van der Waals surface area contributed by atoms with Crippen molar-refractivity contribution in [3.05, 3.63) is 58.1 Å². The number of hydrogen-bond acceptors (Lipinski definition) is 2. The van der Waals surface area contributed by atoms with E-state index in [1.807, 2.05) is 24.3 Å². The SMILES string of the molecule is COc1ccc([C@H]2Oc3ccc(Br)cc3[C@@H]2C)cc1. The number of hydrogen-bond donors (Lipinski definition) is 0. The molecule has 0 aromatic heterocycles. The van der Waals surface area contributed by atoms with Gasteiger partial charge in [0.05, 0.1) is 7.11 Å². The van der Waals surface area contributed by atoms with Crippen LogP contribution in [-0.2, 0) is 0 Å². The smallest absolute Gasteiger partial charge is 0.130 e. The van der Waals surface area contributed by atoms with Crippen LogP contribution in [0.15, 0.2) is 46.9 Å². The molecule has 1 aliphatic rings. The number of benzene rings is 2. The highest BCUT2D eigenvalue weighted by molar-refractivity contribution is 9.10. The first-order chi connectivity index (χ1) is 9.19. The molecule has 2 aromatic carbocycles. The van der Waals surface area contributed by atoms with Gasteiger partial charge < -0.3 is 9.47 Å². The van der Waals surface area contributed by atoms with Gasteiger partial charge in [0.15, 0.2) is 0 Å². The van der Waals surface area contributed by atoms with E-state index < -0.39 is 0 Å². The minimum absolute atomic E-state index is 0.0789. The summed E-state index contributed by atoms with van der Waals surface area (Å²) in [5.74, 6) is 2.20. The zero-order valence-corrected chi connectivity index (χ0v) is 12.5. The van der Waals surface area contributed by atoms with Gasteiger partial charge in [0.25, 0.3) is 0 Å². The van der Waals surface area contributed by atoms with Gasteiger partial charge in [-0.2, -0.15) is 0 Å².